The van der Waals surface area contributed by atoms with Gasteiger partial charge in [-0.1, -0.05) is 0 Å². The topological polar surface area (TPSA) is 119 Å². The van der Waals surface area contributed by atoms with E-state index in [4.69, 9.17) is 10.5 Å². The summed E-state index contributed by atoms with van der Waals surface area (Å²) in [5.74, 6) is -0.793. The van der Waals surface area contributed by atoms with E-state index in [2.05, 4.69) is 20.0 Å². The Bertz CT molecular complexity index is 681. The third-order valence-electron chi connectivity index (χ3n) is 2.74. The van der Waals surface area contributed by atoms with Crippen LogP contribution in [-0.2, 0) is 4.74 Å². The van der Waals surface area contributed by atoms with Crippen molar-refractivity contribution in [2.75, 3.05) is 25.3 Å². The fourth-order valence-electron chi connectivity index (χ4n) is 1.70. The number of rotatable bonds is 4. The SMILES string of the molecule is COC(=O)c1[nH]cnc1C(=O)Nc1ccc(N)c(OC)c1. The summed E-state index contributed by atoms with van der Waals surface area (Å²) in [6, 6.07) is 4.78. The quantitative estimate of drug-likeness (QED) is 0.571. The minimum absolute atomic E-state index is 0.0163. The van der Waals surface area contributed by atoms with Crippen LogP contribution in [0.15, 0.2) is 24.5 Å². The maximum Gasteiger partial charge on any atom is 0.356 e. The second kappa shape index (κ2) is 5.95. The van der Waals surface area contributed by atoms with Gasteiger partial charge >= 0.3 is 5.97 Å². The number of anilines is 2. The Kier molecular flexibility index (Phi) is 4.07. The Morgan fingerprint density at radius 3 is 2.76 bits per heavy atom. The van der Waals surface area contributed by atoms with Gasteiger partial charge in [0.2, 0.25) is 0 Å². The molecule has 0 aliphatic heterocycles. The molecule has 0 bridgehead atoms. The van der Waals surface area contributed by atoms with Gasteiger partial charge in [-0.2, -0.15) is 0 Å². The highest BCUT2D eigenvalue weighted by Gasteiger charge is 2.21. The van der Waals surface area contributed by atoms with Crippen molar-refractivity contribution in [2.45, 2.75) is 0 Å². The number of H-pyrrole nitrogens is 1. The van der Waals surface area contributed by atoms with E-state index < -0.39 is 11.9 Å². The molecule has 8 nitrogen and oxygen atoms in total. The Balaban J connectivity index is 2.22. The van der Waals surface area contributed by atoms with E-state index >= 15 is 0 Å². The van der Waals surface area contributed by atoms with Gasteiger partial charge in [-0.15, -0.1) is 0 Å². The van der Waals surface area contributed by atoms with Crippen molar-refractivity contribution >= 4 is 23.3 Å². The Morgan fingerprint density at radius 1 is 1.33 bits per heavy atom. The van der Waals surface area contributed by atoms with E-state index in [9.17, 15) is 9.59 Å². The molecular formula is C13H14N4O4. The lowest BCUT2D eigenvalue weighted by molar-refractivity contribution is 0.0591. The lowest BCUT2D eigenvalue weighted by Gasteiger charge is -2.08. The van der Waals surface area contributed by atoms with Crippen molar-refractivity contribution < 1.29 is 19.1 Å². The summed E-state index contributed by atoms with van der Waals surface area (Å²) >= 11 is 0. The molecule has 4 N–H and O–H groups in total. The van der Waals surface area contributed by atoms with Crippen LogP contribution in [0.5, 0.6) is 5.75 Å². The first kappa shape index (κ1) is 14.4. The first-order valence-corrected chi connectivity index (χ1v) is 5.93. The summed E-state index contributed by atoms with van der Waals surface area (Å²) in [5.41, 5.74) is 6.53. The van der Waals surface area contributed by atoms with Crippen LogP contribution in [0.3, 0.4) is 0 Å². The van der Waals surface area contributed by atoms with Crippen LogP contribution in [0.4, 0.5) is 11.4 Å². The van der Waals surface area contributed by atoms with Gasteiger partial charge in [-0.05, 0) is 12.1 Å². The molecule has 1 aromatic heterocycles. The Morgan fingerprint density at radius 2 is 2.10 bits per heavy atom. The van der Waals surface area contributed by atoms with E-state index in [0.29, 0.717) is 17.1 Å². The number of nitrogen functional groups attached to an aromatic ring is 1. The number of nitrogens with one attached hydrogen (secondary N) is 2. The molecule has 0 aliphatic rings. The highest BCUT2D eigenvalue weighted by Crippen LogP contribution is 2.25. The monoisotopic (exact) mass is 290 g/mol. The minimum atomic E-state index is -0.674. The maximum atomic E-state index is 12.1. The third-order valence-corrected chi connectivity index (χ3v) is 2.74. The average molecular weight is 290 g/mol. The van der Waals surface area contributed by atoms with Gasteiger partial charge in [0, 0.05) is 11.8 Å². The standard InChI is InChI=1S/C13H14N4O4/c1-20-9-5-7(3-4-8(9)14)17-12(18)10-11(13(19)21-2)16-6-15-10/h3-6H,14H2,1-2H3,(H,15,16)(H,17,18). The summed E-state index contributed by atoms with van der Waals surface area (Å²) in [5, 5.41) is 2.60. The van der Waals surface area contributed by atoms with E-state index in [0.717, 1.165) is 0 Å². The van der Waals surface area contributed by atoms with Crippen molar-refractivity contribution in [3.63, 3.8) is 0 Å². The Hall–Kier alpha value is -3.03. The zero-order valence-electron chi connectivity index (χ0n) is 11.5. The lowest BCUT2D eigenvalue weighted by atomic mass is 10.2. The van der Waals surface area contributed by atoms with Crippen LogP contribution < -0.4 is 15.8 Å². The predicted molar refractivity (Wildman–Crippen MR) is 75.3 cm³/mol. The molecule has 0 unspecified atom stereocenters. The molecule has 0 fully saturated rings. The molecule has 0 saturated heterocycles. The second-order valence-corrected chi connectivity index (χ2v) is 4.03. The van der Waals surface area contributed by atoms with Gasteiger partial charge in [-0.25, -0.2) is 9.78 Å². The van der Waals surface area contributed by atoms with Crippen molar-refractivity contribution in [1.29, 1.82) is 0 Å². The summed E-state index contributed by atoms with van der Waals surface area (Å²) in [4.78, 5) is 30.0. The van der Waals surface area contributed by atoms with Gasteiger partial charge in [-0.3, -0.25) is 4.79 Å². The van der Waals surface area contributed by atoms with Crippen LogP contribution >= 0.6 is 0 Å². The molecule has 0 atom stereocenters. The number of imidazole rings is 1. The highest BCUT2D eigenvalue weighted by atomic mass is 16.5. The van der Waals surface area contributed by atoms with Crippen LogP contribution in [0, 0.1) is 0 Å². The molecule has 2 aromatic rings. The van der Waals surface area contributed by atoms with Gasteiger partial charge in [0.15, 0.2) is 11.4 Å². The van der Waals surface area contributed by atoms with Crippen molar-refractivity contribution in [1.82, 2.24) is 9.97 Å². The molecule has 110 valence electrons. The van der Waals surface area contributed by atoms with Crippen molar-refractivity contribution in [3.8, 4) is 5.75 Å². The van der Waals surface area contributed by atoms with Crippen LogP contribution in [0.2, 0.25) is 0 Å². The number of nitrogens with two attached hydrogens (primary N) is 1. The molecule has 1 amide bonds. The number of carbonyl (C=O) groups is 2. The van der Waals surface area contributed by atoms with Crippen molar-refractivity contribution in [3.05, 3.63) is 35.9 Å². The summed E-state index contributed by atoms with van der Waals surface area (Å²) < 4.78 is 9.63. The predicted octanol–water partition coefficient (Wildman–Crippen LogP) is 1.04. The zero-order valence-corrected chi connectivity index (χ0v) is 11.5. The zero-order chi connectivity index (χ0) is 15.4. The number of hydrogen-bond acceptors (Lipinski definition) is 6. The van der Waals surface area contributed by atoms with Gasteiger partial charge in [0.1, 0.15) is 5.75 Å². The number of methoxy groups -OCH3 is 2. The minimum Gasteiger partial charge on any atom is -0.495 e. The van der Waals surface area contributed by atoms with Gasteiger partial charge in [0.25, 0.3) is 5.91 Å². The number of esters is 1. The Labute approximate surface area is 120 Å². The van der Waals surface area contributed by atoms with Crippen LogP contribution in [0.1, 0.15) is 21.0 Å². The third kappa shape index (κ3) is 2.94. The molecule has 2 rings (SSSR count). The molecule has 0 radical (unpaired) electrons. The van der Waals surface area contributed by atoms with Gasteiger partial charge < -0.3 is 25.5 Å². The van der Waals surface area contributed by atoms with Gasteiger partial charge in [0.05, 0.1) is 26.2 Å². The number of carbonyl (C=O) groups excluding carboxylic acids is 2. The second-order valence-electron chi connectivity index (χ2n) is 4.03. The molecule has 1 aromatic carbocycles. The first-order chi connectivity index (χ1) is 10.1. The number of nitrogens with zero attached hydrogens (tertiary/aromatic N) is 1. The fourth-order valence-corrected chi connectivity index (χ4v) is 1.70. The normalized spacial score (nSPS) is 10.0. The number of aromatic nitrogens is 2. The molecule has 21 heavy (non-hydrogen) atoms. The summed E-state index contributed by atoms with van der Waals surface area (Å²) in [6.45, 7) is 0. The summed E-state index contributed by atoms with van der Waals surface area (Å²) in [6.07, 6.45) is 1.24. The van der Waals surface area contributed by atoms with Crippen LogP contribution in [0.25, 0.3) is 0 Å². The molecule has 0 aliphatic carbocycles. The van der Waals surface area contributed by atoms with Crippen molar-refractivity contribution in [2.24, 2.45) is 0 Å². The molecular weight excluding hydrogens is 276 g/mol. The fraction of sp³-hybridized carbons (Fsp3) is 0.154. The number of aromatic amines is 1. The van der Waals surface area contributed by atoms with E-state index in [1.807, 2.05) is 0 Å². The number of amides is 1. The largest absolute Gasteiger partial charge is 0.495 e. The lowest BCUT2D eigenvalue weighted by Crippen LogP contribution is -2.17. The highest BCUT2D eigenvalue weighted by molar-refractivity contribution is 6.09. The number of hydrogen-bond donors (Lipinski definition) is 3. The first-order valence-electron chi connectivity index (χ1n) is 5.93. The number of ether oxygens (including phenoxy) is 2. The molecule has 8 heteroatoms. The van der Waals surface area contributed by atoms with Crippen LogP contribution in [-0.4, -0.2) is 36.1 Å². The molecule has 0 saturated carbocycles. The molecule has 1 heterocycles. The van der Waals surface area contributed by atoms with E-state index in [1.165, 1.54) is 20.5 Å². The van der Waals surface area contributed by atoms with E-state index in [-0.39, 0.29) is 11.4 Å². The summed E-state index contributed by atoms with van der Waals surface area (Å²) in [7, 11) is 2.69. The smallest absolute Gasteiger partial charge is 0.356 e. The van der Waals surface area contributed by atoms with E-state index in [1.54, 1.807) is 18.2 Å². The average Bonchev–Trinajstić information content (AvgIpc) is 2.98. The number of benzene rings is 1. The maximum absolute atomic E-state index is 12.1. The molecule has 0 spiro atoms.